The first-order valence-electron chi connectivity index (χ1n) is 13.5. The molecule has 11 nitrogen and oxygen atoms in total. The Morgan fingerprint density at radius 2 is 1.88 bits per heavy atom. The third kappa shape index (κ3) is 6.92. The molecule has 3 aromatic carbocycles. The third-order valence-electron chi connectivity index (χ3n) is 6.82. The summed E-state index contributed by atoms with van der Waals surface area (Å²) in [5.41, 5.74) is 6.31. The smallest absolute Gasteiger partial charge is 0.307 e. The van der Waals surface area contributed by atoms with Gasteiger partial charge in [-0.3, -0.25) is 4.79 Å². The SMILES string of the molecule is Cc1ccc(CC(=O)O)c(OC(C)Cc2ccc(-c3nnn[nH]3)c(OCCc3cc(-c4cc(O)no4)ccc3C)c2)c1. The predicted molar refractivity (Wildman–Crippen MR) is 153 cm³/mol. The van der Waals surface area contributed by atoms with Crippen LogP contribution < -0.4 is 9.47 Å². The highest BCUT2D eigenvalue weighted by atomic mass is 16.5. The van der Waals surface area contributed by atoms with Crippen LogP contribution in [0.15, 0.2) is 65.2 Å². The summed E-state index contributed by atoms with van der Waals surface area (Å²) >= 11 is 0. The molecule has 42 heavy (non-hydrogen) atoms. The first-order chi connectivity index (χ1) is 20.2. The number of aryl methyl sites for hydroxylation is 2. The second kappa shape index (κ2) is 12.5. The van der Waals surface area contributed by atoms with E-state index >= 15 is 0 Å². The predicted octanol–water partition coefficient (Wildman–Crippen LogP) is 5.10. The van der Waals surface area contributed by atoms with E-state index in [0.29, 0.717) is 48.1 Å². The number of carboxylic acid groups (broad SMARTS) is 1. The van der Waals surface area contributed by atoms with Crippen LogP contribution in [0.4, 0.5) is 0 Å². The van der Waals surface area contributed by atoms with Crippen LogP contribution in [0.2, 0.25) is 0 Å². The Balaban J connectivity index is 1.31. The number of aromatic amines is 1. The fourth-order valence-electron chi connectivity index (χ4n) is 4.72. The van der Waals surface area contributed by atoms with Crippen LogP contribution in [0.3, 0.4) is 0 Å². The first kappa shape index (κ1) is 28.3. The molecule has 0 radical (unpaired) electrons. The summed E-state index contributed by atoms with van der Waals surface area (Å²) in [6.07, 6.45) is 0.850. The average molecular weight is 570 g/mol. The van der Waals surface area contributed by atoms with Gasteiger partial charge in [0.1, 0.15) is 11.5 Å². The first-order valence-corrected chi connectivity index (χ1v) is 13.5. The molecule has 1 atom stereocenters. The molecule has 0 bridgehead atoms. The lowest BCUT2D eigenvalue weighted by Crippen LogP contribution is -2.17. The zero-order valence-corrected chi connectivity index (χ0v) is 23.5. The van der Waals surface area contributed by atoms with E-state index < -0.39 is 5.97 Å². The van der Waals surface area contributed by atoms with Crippen molar-refractivity contribution in [1.29, 1.82) is 0 Å². The normalized spacial score (nSPS) is 11.8. The Bertz CT molecular complexity index is 1680. The van der Waals surface area contributed by atoms with E-state index in [2.05, 4.69) is 25.8 Å². The Hall–Kier alpha value is -5.19. The number of ether oxygens (including phenoxy) is 2. The van der Waals surface area contributed by atoms with Crippen molar-refractivity contribution < 1.29 is 29.0 Å². The Kier molecular flexibility index (Phi) is 8.47. The van der Waals surface area contributed by atoms with Crippen LogP contribution in [-0.2, 0) is 24.1 Å². The van der Waals surface area contributed by atoms with Crippen LogP contribution in [0.25, 0.3) is 22.7 Å². The van der Waals surface area contributed by atoms with Gasteiger partial charge in [-0.15, -0.1) is 5.10 Å². The van der Waals surface area contributed by atoms with E-state index in [1.807, 2.05) is 69.3 Å². The van der Waals surface area contributed by atoms with E-state index in [1.165, 1.54) is 6.07 Å². The van der Waals surface area contributed by atoms with Gasteiger partial charge in [-0.1, -0.05) is 30.3 Å². The summed E-state index contributed by atoms with van der Waals surface area (Å²) in [5.74, 6) is 1.10. The Morgan fingerprint density at radius 3 is 2.62 bits per heavy atom. The Labute approximate surface area is 242 Å². The molecule has 0 fully saturated rings. The van der Waals surface area contributed by atoms with Crippen molar-refractivity contribution in [2.24, 2.45) is 0 Å². The lowest BCUT2D eigenvalue weighted by atomic mass is 10.0. The second-order valence-electron chi connectivity index (χ2n) is 10.2. The molecule has 5 aromatic rings. The van der Waals surface area contributed by atoms with Gasteiger partial charge >= 0.3 is 5.97 Å². The molecule has 0 aliphatic carbocycles. The lowest BCUT2D eigenvalue weighted by molar-refractivity contribution is -0.136. The van der Waals surface area contributed by atoms with Crippen molar-refractivity contribution in [2.75, 3.05) is 6.61 Å². The quantitative estimate of drug-likeness (QED) is 0.185. The summed E-state index contributed by atoms with van der Waals surface area (Å²) in [6, 6.07) is 18.8. The monoisotopic (exact) mass is 569 g/mol. The van der Waals surface area contributed by atoms with Gasteiger partial charge in [0, 0.05) is 30.0 Å². The molecule has 2 aromatic heterocycles. The number of tetrazole rings is 1. The summed E-state index contributed by atoms with van der Waals surface area (Å²) in [4.78, 5) is 11.3. The minimum Gasteiger partial charge on any atom is -0.492 e. The van der Waals surface area contributed by atoms with Gasteiger partial charge in [-0.05, 0) is 82.9 Å². The topological polar surface area (TPSA) is 156 Å². The summed E-state index contributed by atoms with van der Waals surface area (Å²) in [5, 5.41) is 36.6. The van der Waals surface area contributed by atoms with Gasteiger partial charge in [0.25, 0.3) is 5.88 Å². The number of aliphatic carboxylic acids is 1. The number of nitrogens with one attached hydrogen (secondary N) is 1. The van der Waals surface area contributed by atoms with E-state index in [0.717, 1.165) is 33.4 Å². The fraction of sp³-hybridized carbons (Fsp3) is 0.258. The number of H-pyrrole nitrogens is 1. The zero-order valence-electron chi connectivity index (χ0n) is 23.5. The van der Waals surface area contributed by atoms with Crippen molar-refractivity contribution in [3.8, 4) is 40.1 Å². The van der Waals surface area contributed by atoms with Crippen molar-refractivity contribution >= 4 is 5.97 Å². The summed E-state index contributed by atoms with van der Waals surface area (Å²) < 4.78 is 17.7. The highest BCUT2D eigenvalue weighted by molar-refractivity contribution is 5.71. The summed E-state index contributed by atoms with van der Waals surface area (Å²) in [7, 11) is 0. The number of nitrogens with zero attached hydrogens (tertiary/aromatic N) is 4. The average Bonchev–Trinajstić information content (AvgIpc) is 3.64. The number of carboxylic acids is 1. The molecule has 0 aliphatic rings. The van der Waals surface area contributed by atoms with E-state index in [4.69, 9.17) is 14.0 Å². The van der Waals surface area contributed by atoms with Crippen molar-refractivity contribution in [3.63, 3.8) is 0 Å². The molecular weight excluding hydrogens is 538 g/mol. The third-order valence-corrected chi connectivity index (χ3v) is 6.82. The minimum absolute atomic E-state index is 0.108. The maximum atomic E-state index is 11.3. The molecule has 11 heteroatoms. The van der Waals surface area contributed by atoms with Gasteiger partial charge in [-0.2, -0.15) is 0 Å². The minimum atomic E-state index is -0.908. The van der Waals surface area contributed by atoms with Crippen LogP contribution in [0, 0.1) is 13.8 Å². The molecular formula is C31H31N5O6. The molecule has 0 aliphatic heterocycles. The highest BCUT2D eigenvalue weighted by Crippen LogP contribution is 2.31. The van der Waals surface area contributed by atoms with Gasteiger partial charge < -0.3 is 24.2 Å². The molecule has 5 rings (SSSR count). The van der Waals surface area contributed by atoms with Crippen LogP contribution in [0.1, 0.15) is 34.7 Å². The molecule has 0 saturated carbocycles. The number of hydrogen-bond donors (Lipinski definition) is 3. The van der Waals surface area contributed by atoms with Gasteiger partial charge in [-0.25, -0.2) is 5.10 Å². The van der Waals surface area contributed by atoms with Gasteiger partial charge in [0.05, 0.1) is 24.7 Å². The number of aromatic nitrogens is 5. The molecule has 3 N–H and O–H groups in total. The zero-order chi connectivity index (χ0) is 29.6. The van der Waals surface area contributed by atoms with Gasteiger partial charge in [0.2, 0.25) is 0 Å². The fourth-order valence-corrected chi connectivity index (χ4v) is 4.72. The highest BCUT2D eigenvalue weighted by Gasteiger charge is 2.16. The number of hydrogen-bond acceptors (Lipinski definition) is 9. The van der Waals surface area contributed by atoms with Crippen LogP contribution in [0.5, 0.6) is 17.4 Å². The molecule has 0 saturated heterocycles. The van der Waals surface area contributed by atoms with Crippen LogP contribution in [-0.4, -0.2) is 54.7 Å². The van der Waals surface area contributed by atoms with Crippen LogP contribution >= 0.6 is 0 Å². The standard InChI is InChI=1S/C31H31N5O6/c1-18-4-7-24(16-30(38)39)26(12-18)41-20(3)13-21-6-9-25(31-32-35-36-33-31)28(14-21)40-11-10-22-15-23(8-5-19(22)2)27-17-29(37)34-42-27/h4-9,12,14-15,17,20H,10-11,13,16H2,1-3H3,(H,34,37)(H,38,39)(H,32,33,35,36). The van der Waals surface area contributed by atoms with Crippen molar-refractivity contribution in [3.05, 3.63) is 88.5 Å². The van der Waals surface area contributed by atoms with E-state index in [1.54, 1.807) is 6.07 Å². The molecule has 1 unspecified atom stereocenters. The molecule has 2 heterocycles. The van der Waals surface area contributed by atoms with E-state index in [-0.39, 0.29) is 18.4 Å². The second-order valence-corrected chi connectivity index (χ2v) is 10.2. The number of aromatic hydroxyl groups is 1. The molecule has 216 valence electrons. The summed E-state index contributed by atoms with van der Waals surface area (Å²) in [6.45, 7) is 6.31. The largest absolute Gasteiger partial charge is 0.492 e. The number of rotatable bonds is 12. The Morgan fingerprint density at radius 1 is 1.02 bits per heavy atom. The number of benzene rings is 3. The maximum Gasteiger partial charge on any atom is 0.307 e. The molecule has 0 amide bonds. The van der Waals surface area contributed by atoms with Crippen molar-refractivity contribution in [2.45, 2.75) is 46.1 Å². The maximum absolute atomic E-state index is 11.3. The van der Waals surface area contributed by atoms with E-state index in [9.17, 15) is 15.0 Å². The lowest BCUT2D eigenvalue weighted by Gasteiger charge is -2.19. The molecule has 0 spiro atoms. The van der Waals surface area contributed by atoms with Gasteiger partial charge in [0.15, 0.2) is 11.6 Å². The number of carbonyl (C=O) groups is 1. The van der Waals surface area contributed by atoms with Crippen molar-refractivity contribution in [1.82, 2.24) is 25.8 Å².